The van der Waals surface area contributed by atoms with E-state index in [0.29, 0.717) is 13.0 Å². The first-order chi connectivity index (χ1) is 11.6. The van der Waals surface area contributed by atoms with Crippen molar-refractivity contribution in [1.29, 1.82) is 0 Å². The summed E-state index contributed by atoms with van der Waals surface area (Å²) in [7, 11) is -3.43. The number of thiophene rings is 1. The second-order valence-electron chi connectivity index (χ2n) is 5.18. The highest BCUT2D eigenvalue weighted by Gasteiger charge is 2.07. The van der Waals surface area contributed by atoms with E-state index in [1.807, 2.05) is 48.5 Å². The molecule has 2 heterocycles. The van der Waals surface area contributed by atoms with Crippen molar-refractivity contribution in [3.63, 3.8) is 0 Å². The monoisotopic (exact) mass is 359 g/mol. The van der Waals surface area contributed by atoms with Crippen LogP contribution in [0.25, 0.3) is 16.5 Å². The molecule has 0 bridgehead atoms. The lowest BCUT2D eigenvalue weighted by molar-refractivity contribution is 0.568. The van der Waals surface area contributed by atoms with Gasteiger partial charge in [0, 0.05) is 27.3 Å². The van der Waals surface area contributed by atoms with Crippen molar-refractivity contribution in [2.75, 3.05) is 6.54 Å². The van der Waals surface area contributed by atoms with E-state index in [-0.39, 0.29) is 0 Å². The Bertz CT molecular complexity index is 895. The van der Waals surface area contributed by atoms with E-state index >= 15 is 0 Å². The van der Waals surface area contributed by atoms with Gasteiger partial charge in [-0.25, -0.2) is 13.1 Å². The first kappa shape index (κ1) is 16.7. The molecule has 0 fully saturated rings. The summed E-state index contributed by atoms with van der Waals surface area (Å²) in [6.07, 6.45) is 5.58. The first-order valence-electron chi connectivity index (χ1n) is 7.46. The largest absolute Gasteiger partial charge is 0.472 e. The van der Waals surface area contributed by atoms with Crippen LogP contribution in [0.2, 0.25) is 0 Å². The standard InChI is InChI=1S/C18H17NO3S2/c20-24(21,13-10-15-4-2-1-3-5-15)19-11-8-17-6-7-18(23-17)16-9-12-22-14-16/h1-7,9-10,12-14,19H,8,11H2. The van der Waals surface area contributed by atoms with E-state index in [4.69, 9.17) is 4.42 Å². The van der Waals surface area contributed by atoms with E-state index < -0.39 is 10.0 Å². The molecule has 124 valence electrons. The van der Waals surface area contributed by atoms with Crippen molar-refractivity contribution in [2.24, 2.45) is 0 Å². The Morgan fingerprint density at radius 3 is 2.67 bits per heavy atom. The first-order valence-corrected chi connectivity index (χ1v) is 9.83. The van der Waals surface area contributed by atoms with E-state index in [1.54, 1.807) is 29.9 Å². The van der Waals surface area contributed by atoms with Gasteiger partial charge in [-0.2, -0.15) is 0 Å². The second kappa shape index (κ2) is 7.61. The van der Waals surface area contributed by atoms with E-state index in [0.717, 1.165) is 20.9 Å². The Balaban J connectivity index is 1.53. The summed E-state index contributed by atoms with van der Waals surface area (Å²) >= 11 is 1.64. The number of sulfonamides is 1. The number of benzene rings is 1. The molecule has 0 saturated carbocycles. The van der Waals surface area contributed by atoms with Crippen molar-refractivity contribution in [3.05, 3.63) is 76.9 Å². The van der Waals surface area contributed by atoms with Crippen LogP contribution in [0.15, 0.2) is 70.9 Å². The zero-order valence-corrected chi connectivity index (χ0v) is 14.5. The minimum absolute atomic E-state index is 0.368. The Morgan fingerprint density at radius 1 is 1.08 bits per heavy atom. The van der Waals surface area contributed by atoms with Gasteiger partial charge >= 0.3 is 0 Å². The Labute approximate surface area is 145 Å². The highest BCUT2D eigenvalue weighted by atomic mass is 32.2. The zero-order chi connectivity index (χ0) is 16.8. The SMILES string of the molecule is O=S(=O)(C=Cc1ccccc1)NCCc1ccc(-c2ccoc2)s1. The third kappa shape index (κ3) is 4.67. The van der Waals surface area contributed by atoms with Crippen LogP contribution in [0.3, 0.4) is 0 Å². The van der Waals surface area contributed by atoms with Crippen LogP contribution < -0.4 is 4.72 Å². The smallest absolute Gasteiger partial charge is 0.233 e. The van der Waals surface area contributed by atoms with Crippen LogP contribution in [0.4, 0.5) is 0 Å². The normalized spacial score (nSPS) is 12.0. The third-order valence-corrected chi connectivity index (χ3v) is 5.68. The molecular formula is C18H17NO3S2. The average molecular weight is 359 g/mol. The van der Waals surface area contributed by atoms with Crippen LogP contribution in [-0.4, -0.2) is 15.0 Å². The maximum atomic E-state index is 12.0. The third-order valence-electron chi connectivity index (χ3n) is 3.38. The van der Waals surface area contributed by atoms with Crippen molar-refractivity contribution in [1.82, 2.24) is 4.72 Å². The molecule has 0 spiro atoms. The maximum Gasteiger partial charge on any atom is 0.233 e. The van der Waals surface area contributed by atoms with Gasteiger partial charge in [0.05, 0.1) is 12.5 Å². The fourth-order valence-electron chi connectivity index (χ4n) is 2.17. The van der Waals surface area contributed by atoms with Crippen LogP contribution in [0.1, 0.15) is 10.4 Å². The van der Waals surface area contributed by atoms with E-state index in [9.17, 15) is 8.42 Å². The summed E-state index contributed by atoms with van der Waals surface area (Å²) < 4.78 is 31.6. The molecular weight excluding hydrogens is 342 g/mol. The van der Waals surface area contributed by atoms with Gasteiger partial charge in [0.25, 0.3) is 0 Å². The molecule has 0 aliphatic rings. The lowest BCUT2D eigenvalue weighted by Gasteiger charge is -2.01. The molecule has 6 heteroatoms. The molecule has 1 aromatic carbocycles. The molecule has 0 unspecified atom stereocenters. The molecule has 0 aliphatic heterocycles. The highest BCUT2D eigenvalue weighted by Crippen LogP contribution is 2.28. The van der Waals surface area contributed by atoms with Gasteiger partial charge in [0.1, 0.15) is 0 Å². The Kier molecular flexibility index (Phi) is 5.30. The fourth-order valence-corrected chi connectivity index (χ4v) is 3.98. The van der Waals surface area contributed by atoms with Gasteiger partial charge in [0.2, 0.25) is 10.0 Å². The van der Waals surface area contributed by atoms with Gasteiger partial charge < -0.3 is 4.42 Å². The van der Waals surface area contributed by atoms with Crippen LogP contribution >= 0.6 is 11.3 Å². The predicted molar refractivity (Wildman–Crippen MR) is 98.1 cm³/mol. The average Bonchev–Trinajstić information content (AvgIpc) is 3.25. The fraction of sp³-hybridized carbons (Fsp3) is 0.111. The Hall–Kier alpha value is -2.15. The molecule has 3 aromatic rings. The summed E-state index contributed by atoms with van der Waals surface area (Å²) in [5.74, 6) is 0. The lowest BCUT2D eigenvalue weighted by Crippen LogP contribution is -2.23. The van der Waals surface area contributed by atoms with Crippen LogP contribution in [-0.2, 0) is 16.4 Å². The summed E-state index contributed by atoms with van der Waals surface area (Å²) in [5, 5.41) is 1.20. The van der Waals surface area contributed by atoms with Crippen LogP contribution in [0.5, 0.6) is 0 Å². The van der Waals surface area contributed by atoms with E-state index in [1.165, 1.54) is 5.41 Å². The lowest BCUT2D eigenvalue weighted by atomic mass is 10.2. The van der Waals surface area contributed by atoms with E-state index in [2.05, 4.69) is 4.72 Å². The molecule has 0 amide bonds. The van der Waals surface area contributed by atoms with Crippen molar-refractivity contribution >= 4 is 27.4 Å². The minimum atomic E-state index is -3.43. The Morgan fingerprint density at radius 2 is 1.92 bits per heavy atom. The van der Waals surface area contributed by atoms with Gasteiger partial charge in [-0.05, 0) is 36.3 Å². The number of rotatable bonds is 7. The maximum absolute atomic E-state index is 12.0. The van der Waals surface area contributed by atoms with Gasteiger partial charge in [-0.3, -0.25) is 0 Å². The molecule has 0 saturated heterocycles. The minimum Gasteiger partial charge on any atom is -0.472 e. The predicted octanol–water partition coefficient (Wildman–Crippen LogP) is 4.14. The molecule has 2 aromatic heterocycles. The number of nitrogens with one attached hydrogen (secondary N) is 1. The van der Waals surface area contributed by atoms with Gasteiger partial charge in [0.15, 0.2) is 0 Å². The quantitative estimate of drug-likeness (QED) is 0.690. The molecule has 0 aliphatic carbocycles. The van der Waals surface area contributed by atoms with Gasteiger partial charge in [-0.15, -0.1) is 11.3 Å². The van der Waals surface area contributed by atoms with Crippen molar-refractivity contribution in [2.45, 2.75) is 6.42 Å². The highest BCUT2D eigenvalue weighted by molar-refractivity contribution is 7.92. The second-order valence-corrected chi connectivity index (χ2v) is 8.00. The summed E-state index contributed by atoms with van der Waals surface area (Å²) in [6.45, 7) is 0.368. The molecule has 4 nitrogen and oxygen atoms in total. The molecule has 3 rings (SSSR count). The summed E-state index contributed by atoms with van der Waals surface area (Å²) in [6, 6.07) is 15.3. The summed E-state index contributed by atoms with van der Waals surface area (Å²) in [4.78, 5) is 2.24. The van der Waals surface area contributed by atoms with Gasteiger partial charge in [-0.1, -0.05) is 30.3 Å². The zero-order valence-electron chi connectivity index (χ0n) is 12.9. The van der Waals surface area contributed by atoms with Crippen molar-refractivity contribution in [3.8, 4) is 10.4 Å². The van der Waals surface area contributed by atoms with Crippen LogP contribution in [0, 0.1) is 0 Å². The number of hydrogen-bond acceptors (Lipinski definition) is 4. The molecule has 0 radical (unpaired) electrons. The summed E-state index contributed by atoms with van der Waals surface area (Å²) in [5.41, 5.74) is 1.89. The molecule has 24 heavy (non-hydrogen) atoms. The van der Waals surface area contributed by atoms with Crippen molar-refractivity contribution < 1.29 is 12.8 Å². The number of hydrogen-bond donors (Lipinski definition) is 1. The number of furan rings is 1. The molecule has 1 N–H and O–H groups in total. The topological polar surface area (TPSA) is 59.3 Å². The molecule has 0 atom stereocenters.